The number of rotatable bonds is 2. The first-order valence-corrected chi connectivity index (χ1v) is 6.37. The summed E-state index contributed by atoms with van der Waals surface area (Å²) in [7, 11) is 0. The van der Waals surface area contributed by atoms with Crippen LogP contribution in [0.4, 0.5) is 5.69 Å². The minimum Gasteiger partial charge on any atom is -0.324 e. The Morgan fingerprint density at radius 2 is 2.31 bits per heavy atom. The van der Waals surface area contributed by atoms with Gasteiger partial charge in [-0.2, -0.15) is 0 Å². The zero-order valence-electron chi connectivity index (χ0n) is 9.49. The van der Waals surface area contributed by atoms with E-state index in [0.29, 0.717) is 0 Å². The van der Waals surface area contributed by atoms with Crippen LogP contribution in [-0.2, 0) is 4.79 Å². The number of nitrogens with one attached hydrogen (secondary N) is 1. The number of anilines is 1. The zero-order valence-corrected chi connectivity index (χ0v) is 10.3. The summed E-state index contributed by atoms with van der Waals surface area (Å²) in [5.41, 5.74) is 7.95. The van der Waals surface area contributed by atoms with Gasteiger partial charge in [-0.15, -0.1) is 11.8 Å². The first kappa shape index (κ1) is 11.5. The minimum atomic E-state index is -0.0156. The van der Waals surface area contributed by atoms with Crippen molar-refractivity contribution < 1.29 is 4.79 Å². The standard InChI is InChI=1S/C12H16N2OS/c1-3-9(13)8-4-5-11-10(6-8)14-12(15)7(2)16-11/h4-7,9H,3,13H2,1-2H3,(H,14,15). The fourth-order valence-electron chi connectivity index (χ4n) is 1.69. The first-order valence-electron chi connectivity index (χ1n) is 5.49. The average Bonchev–Trinajstić information content (AvgIpc) is 2.29. The number of nitrogens with two attached hydrogens (primary N) is 1. The summed E-state index contributed by atoms with van der Waals surface area (Å²) in [6.45, 7) is 3.97. The van der Waals surface area contributed by atoms with Gasteiger partial charge in [0, 0.05) is 10.9 Å². The second-order valence-electron chi connectivity index (χ2n) is 4.02. The van der Waals surface area contributed by atoms with Gasteiger partial charge in [0.25, 0.3) is 0 Å². The molecule has 1 aromatic rings. The molecule has 2 atom stereocenters. The number of carbonyl (C=O) groups excluding carboxylic acids is 1. The molecule has 2 unspecified atom stereocenters. The Kier molecular flexibility index (Phi) is 3.21. The molecule has 2 rings (SSSR count). The van der Waals surface area contributed by atoms with E-state index in [4.69, 9.17) is 5.73 Å². The van der Waals surface area contributed by atoms with Crippen LogP contribution in [0.25, 0.3) is 0 Å². The molecule has 1 heterocycles. The number of fused-ring (bicyclic) bond motifs is 1. The Labute approximate surface area is 99.8 Å². The highest BCUT2D eigenvalue weighted by Gasteiger charge is 2.23. The highest BCUT2D eigenvalue weighted by Crippen LogP contribution is 2.36. The van der Waals surface area contributed by atoms with Gasteiger partial charge in [-0.05, 0) is 31.0 Å². The largest absolute Gasteiger partial charge is 0.324 e. The summed E-state index contributed by atoms with van der Waals surface area (Å²) >= 11 is 1.60. The van der Waals surface area contributed by atoms with E-state index in [2.05, 4.69) is 12.2 Å². The van der Waals surface area contributed by atoms with Gasteiger partial charge >= 0.3 is 0 Å². The van der Waals surface area contributed by atoms with Crippen molar-refractivity contribution in [2.75, 3.05) is 5.32 Å². The monoisotopic (exact) mass is 236 g/mol. The van der Waals surface area contributed by atoms with Gasteiger partial charge in [0.1, 0.15) is 0 Å². The molecule has 0 aliphatic carbocycles. The molecule has 3 N–H and O–H groups in total. The van der Waals surface area contributed by atoms with E-state index >= 15 is 0 Å². The van der Waals surface area contributed by atoms with Crippen LogP contribution in [0.5, 0.6) is 0 Å². The molecule has 3 nitrogen and oxygen atoms in total. The quantitative estimate of drug-likeness (QED) is 0.829. The lowest BCUT2D eigenvalue weighted by Gasteiger charge is -2.22. The summed E-state index contributed by atoms with van der Waals surface area (Å²) in [5.74, 6) is 0.0692. The van der Waals surface area contributed by atoms with Gasteiger partial charge in [0.2, 0.25) is 5.91 Å². The third kappa shape index (κ3) is 2.08. The predicted octanol–water partition coefficient (Wildman–Crippen LogP) is 2.53. The molecule has 0 spiro atoms. The van der Waals surface area contributed by atoms with E-state index in [1.54, 1.807) is 11.8 Å². The molecule has 0 saturated carbocycles. The van der Waals surface area contributed by atoms with Crippen molar-refractivity contribution in [3.8, 4) is 0 Å². The van der Waals surface area contributed by atoms with E-state index in [-0.39, 0.29) is 17.2 Å². The van der Waals surface area contributed by atoms with Crippen LogP contribution in [0.1, 0.15) is 31.9 Å². The van der Waals surface area contributed by atoms with Crippen molar-refractivity contribution in [2.24, 2.45) is 5.73 Å². The molecule has 0 fully saturated rings. The lowest BCUT2D eigenvalue weighted by Crippen LogP contribution is -2.26. The van der Waals surface area contributed by atoms with Crippen LogP contribution < -0.4 is 11.1 Å². The van der Waals surface area contributed by atoms with Gasteiger partial charge in [-0.25, -0.2) is 0 Å². The molecule has 4 heteroatoms. The molecule has 0 radical (unpaired) electrons. The average molecular weight is 236 g/mol. The summed E-state index contributed by atoms with van der Waals surface area (Å²) in [6, 6.07) is 6.12. The molecule has 86 valence electrons. The molecule has 1 amide bonds. The highest BCUT2D eigenvalue weighted by molar-refractivity contribution is 8.00. The van der Waals surface area contributed by atoms with Crippen LogP contribution in [-0.4, -0.2) is 11.2 Å². The Morgan fingerprint density at radius 1 is 1.56 bits per heavy atom. The molecule has 0 bridgehead atoms. The second kappa shape index (κ2) is 4.47. The summed E-state index contributed by atoms with van der Waals surface area (Å²) in [5, 5.41) is 2.90. The number of benzene rings is 1. The van der Waals surface area contributed by atoms with Crippen molar-refractivity contribution in [1.82, 2.24) is 0 Å². The van der Waals surface area contributed by atoms with Crippen molar-refractivity contribution in [2.45, 2.75) is 36.5 Å². The minimum absolute atomic E-state index is 0.0156. The number of thioether (sulfide) groups is 1. The van der Waals surface area contributed by atoms with E-state index in [0.717, 1.165) is 22.6 Å². The van der Waals surface area contributed by atoms with Gasteiger partial charge in [0.05, 0.1) is 10.9 Å². The normalized spacial score (nSPS) is 21.2. The van der Waals surface area contributed by atoms with Crippen molar-refractivity contribution >= 4 is 23.4 Å². The lowest BCUT2D eigenvalue weighted by atomic mass is 10.0. The smallest absolute Gasteiger partial charge is 0.237 e. The Bertz CT molecular complexity index is 419. The third-order valence-corrected chi connectivity index (χ3v) is 3.98. The van der Waals surface area contributed by atoms with Crippen molar-refractivity contribution in [1.29, 1.82) is 0 Å². The predicted molar refractivity (Wildman–Crippen MR) is 67.6 cm³/mol. The summed E-state index contributed by atoms with van der Waals surface area (Å²) in [6.07, 6.45) is 0.899. The van der Waals surface area contributed by atoms with Crippen LogP contribution in [0, 0.1) is 0 Å². The molecule has 0 saturated heterocycles. The van der Waals surface area contributed by atoms with Crippen LogP contribution >= 0.6 is 11.8 Å². The van der Waals surface area contributed by atoms with E-state index in [9.17, 15) is 4.79 Å². The summed E-state index contributed by atoms with van der Waals surface area (Å²) in [4.78, 5) is 12.7. The molecule has 1 aromatic carbocycles. The Balaban J connectivity index is 2.32. The molecule has 1 aliphatic rings. The number of carbonyl (C=O) groups is 1. The fourth-order valence-corrected chi connectivity index (χ4v) is 2.62. The van der Waals surface area contributed by atoms with E-state index < -0.39 is 0 Å². The van der Waals surface area contributed by atoms with Crippen molar-refractivity contribution in [3.63, 3.8) is 0 Å². The van der Waals surface area contributed by atoms with Crippen LogP contribution in [0.3, 0.4) is 0 Å². The van der Waals surface area contributed by atoms with Gasteiger partial charge in [-0.3, -0.25) is 4.79 Å². The number of amides is 1. The molecule has 0 aromatic heterocycles. The highest BCUT2D eigenvalue weighted by atomic mass is 32.2. The zero-order chi connectivity index (χ0) is 11.7. The Hall–Kier alpha value is -1.000. The van der Waals surface area contributed by atoms with E-state index in [1.807, 2.05) is 25.1 Å². The van der Waals surface area contributed by atoms with Crippen LogP contribution in [0.15, 0.2) is 23.1 Å². The topological polar surface area (TPSA) is 55.1 Å². The molecule has 1 aliphatic heterocycles. The number of hydrogen-bond acceptors (Lipinski definition) is 3. The van der Waals surface area contributed by atoms with Gasteiger partial charge in [-0.1, -0.05) is 13.0 Å². The van der Waals surface area contributed by atoms with Crippen LogP contribution in [0.2, 0.25) is 0 Å². The Morgan fingerprint density at radius 3 is 3.00 bits per heavy atom. The van der Waals surface area contributed by atoms with Crippen molar-refractivity contribution in [3.05, 3.63) is 23.8 Å². The molecule has 16 heavy (non-hydrogen) atoms. The molecular formula is C12H16N2OS. The van der Waals surface area contributed by atoms with Gasteiger partial charge in [0.15, 0.2) is 0 Å². The third-order valence-electron chi connectivity index (χ3n) is 2.80. The van der Waals surface area contributed by atoms with E-state index in [1.165, 1.54) is 0 Å². The first-order chi connectivity index (χ1) is 7.61. The SMILES string of the molecule is CCC(N)c1ccc2c(c1)NC(=O)C(C)S2. The maximum Gasteiger partial charge on any atom is 0.237 e. The summed E-state index contributed by atoms with van der Waals surface area (Å²) < 4.78 is 0. The maximum atomic E-state index is 11.5. The van der Waals surface area contributed by atoms with Gasteiger partial charge < -0.3 is 11.1 Å². The maximum absolute atomic E-state index is 11.5. The lowest BCUT2D eigenvalue weighted by molar-refractivity contribution is -0.115. The number of hydrogen-bond donors (Lipinski definition) is 2. The molecular weight excluding hydrogens is 220 g/mol. The fraction of sp³-hybridized carbons (Fsp3) is 0.417. The second-order valence-corrected chi connectivity index (χ2v) is 5.40.